The topological polar surface area (TPSA) is 93.7 Å². The zero-order chi connectivity index (χ0) is 20.1. The van der Waals surface area contributed by atoms with Crippen LogP contribution in [0.15, 0.2) is 47.4 Å². The number of sulfonamides is 1. The fourth-order valence-corrected chi connectivity index (χ4v) is 4.00. The number of hydrogen-bond donors (Lipinski definition) is 2. The van der Waals surface area contributed by atoms with Crippen molar-refractivity contribution in [2.75, 3.05) is 19.5 Å². The molecule has 1 aliphatic carbocycles. The average Bonchev–Trinajstić information content (AvgIpc) is 3.50. The van der Waals surface area contributed by atoms with Crippen LogP contribution in [0.1, 0.15) is 24.8 Å². The van der Waals surface area contributed by atoms with E-state index < -0.39 is 10.0 Å². The molecule has 2 N–H and O–H groups in total. The molecular formula is C20H24N2O5S. The number of nitrogens with one attached hydrogen (secondary N) is 2. The summed E-state index contributed by atoms with van der Waals surface area (Å²) in [7, 11) is -0.366. The molecular weight excluding hydrogens is 380 g/mol. The first-order valence-corrected chi connectivity index (χ1v) is 10.5. The Balaban J connectivity index is 1.56. The van der Waals surface area contributed by atoms with Crippen molar-refractivity contribution in [3.8, 4) is 11.5 Å². The van der Waals surface area contributed by atoms with E-state index in [9.17, 15) is 13.2 Å². The second-order valence-electron chi connectivity index (χ2n) is 6.65. The van der Waals surface area contributed by atoms with Crippen LogP contribution >= 0.6 is 0 Å². The molecule has 0 aromatic heterocycles. The summed E-state index contributed by atoms with van der Waals surface area (Å²) in [5.74, 6) is 1.00. The summed E-state index contributed by atoms with van der Waals surface area (Å²) < 4.78 is 37.4. The Morgan fingerprint density at radius 1 is 1.07 bits per heavy atom. The Morgan fingerprint density at radius 3 is 2.39 bits per heavy atom. The predicted molar refractivity (Wildman–Crippen MR) is 106 cm³/mol. The Morgan fingerprint density at radius 2 is 1.79 bits per heavy atom. The molecule has 1 amide bonds. The van der Waals surface area contributed by atoms with E-state index in [1.807, 2.05) is 0 Å². The van der Waals surface area contributed by atoms with Crippen LogP contribution in [-0.4, -0.2) is 34.6 Å². The number of aryl methyl sites for hydroxylation is 1. The first-order valence-electron chi connectivity index (χ1n) is 9.04. The van der Waals surface area contributed by atoms with Gasteiger partial charge < -0.3 is 14.8 Å². The van der Waals surface area contributed by atoms with Crippen molar-refractivity contribution in [1.82, 2.24) is 4.72 Å². The summed E-state index contributed by atoms with van der Waals surface area (Å²) in [5, 5.41) is 2.82. The van der Waals surface area contributed by atoms with E-state index >= 15 is 0 Å². The van der Waals surface area contributed by atoms with Crippen LogP contribution in [0.3, 0.4) is 0 Å². The number of amides is 1. The van der Waals surface area contributed by atoms with E-state index in [4.69, 9.17) is 9.47 Å². The van der Waals surface area contributed by atoms with Crippen LogP contribution in [0.25, 0.3) is 0 Å². The molecule has 0 spiro atoms. The fourth-order valence-electron chi connectivity index (χ4n) is 2.70. The van der Waals surface area contributed by atoms with Gasteiger partial charge in [-0.25, -0.2) is 13.1 Å². The lowest BCUT2D eigenvalue weighted by molar-refractivity contribution is -0.116. The Bertz CT molecular complexity index is 938. The molecule has 28 heavy (non-hydrogen) atoms. The van der Waals surface area contributed by atoms with E-state index in [1.54, 1.807) is 49.6 Å². The Hall–Kier alpha value is -2.58. The number of anilines is 1. The second kappa shape index (κ2) is 8.62. The van der Waals surface area contributed by atoms with Crippen LogP contribution < -0.4 is 19.5 Å². The van der Waals surface area contributed by atoms with Gasteiger partial charge in [-0.05, 0) is 49.1 Å². The lowest BCUT2D eigenvalue weighted by Gasteiger charge is -2.11. The van der Waals surface area contributed by atoms with Crippen LogP contribution in [0, 0.1) is 0 Å². The van der Waals surface area contributed by atoms with E-state index in [-0.39, 0.29) is 23.3 Å². The molecule has 0 radical (unpaired) electrons. The highest BCUT2D eigenvalue weighted by molar-refractivity contribution is 7.89. The Kier molecular flexibility index (Phi) is 6.21. The normalized spacial score (nSPS) is 13.8. The predicted octanol–water partition coefficient (Wildman–Crippen LogP) is 2.72. The third kappa shape index (κ3) is 5.24. The SMILES string of the molecule is COc1ccc(NC(=O)CCc2ccc(S(=O)(=O)NC3CC3)cc2)c(OC)c1. The minimum Gasteiger partial charge on any atom is -0.497 e. The molecule has 1 saturated carbocycles. The highest BCUT2D eigenvalue weighted by Crippen LogP contribution is 2.29. The molecule has 1 fully saturated rings. The maximum atomic E-state index is 12.3. The summed E-state index contributed by atoms with van der Waals surface area (Å²) in [6.45, 7) is 0. The number of carbonyl (C=O) groups excluding carboxylic acids is 1. The maximum Gasteiger partial charge on any atom is 0.240 e. The van der Waals surface area contributed by atoms with Crippen molar-refractivity contribution in [3.05, 3.63) is 48.0 Å². The number of ether oxygens (including phenoxy) is 2. The van der Waals surface area contributed by atoms with Gasteiger partial charge >= 0.3 is 0 Å². The third-order valence-corrected chi connectivity index (χ3v) is 5.99. The zero-order valence-electron chi connectivity index (χ0n) is 15.9. The maximum absolute atomic E-state index is 12.3. The molecule has 2 aromatic rings. The van der Waals surface area contributed by atoms with Gasteiger partial charge in [-0.1, -0.05) is 12.1 Å². The molecule has 0 unspecified atom stereocenters. The number of methoxy groups -OCH3 is 2. The van der Waals surface area contributed by atoms with Crippen molar-refractivity contribution in [2.24, 2.45) is 0 Å². The van der Waals surface area contributed by atoms with Crippen molar-refractivity contribution < 1.29 is 22.7 Å². The largest absolute Gasteiger partial charge is 0.497 e. The summed E-state index contributed by atoms with van der Waals surface area (Å²) in [5.41, 5.74) is 1.46. The van der Waals surface area contributed by atoms with Gasteiger partial charge in [-0.2, -0.15) is 0 Å². The molecule has 0 heterocycles. The standard InChI is InChI=1S/C20H24N2O5S/c1-26-16-8-11-18(19(13-16)27-2)21-20(23)12-5-14-3-9-17(10-4-14)28(24,25)22-15-6-7-15/h3-4,8-11,13,15,22H,5-7,12H2,1-2H3,(H,21,23). The first-order chi connectivity index (χ1) is 13.4. The number of hydrogen-bond acceptors (Lipinski definition) is 5. The lowest BCUT2D eigenvalue weighted by Crippen LogP contribution is -2.25. The molecule has 8 heteroatoms. The molecule has 0 aliphatic heterocycles. The van der Waals surface area contributed by atoms with E-state index in [2.05, 4.69) is 10.0 Å². The van der Waals surface area contributed by atoms with Crippen LogP contribution in [-0.2, 0) is 21.2 Å². The Labute approximate surface area is 165 Å². The second-order valence-corrected chi connectivity index (χ2v) is 8.37. The van der Waals surface area contributed by atoms with Crippen molar-refractivity contribution in [2.45, 2.75) is 36.6 Å². The monoisotopic (exact) mass is 404 g/mol. The lowest BCUT2D eigenvalue weighted by atomic mass is 10.1. The highest BCUT2D eigenvalue weighted by atomic mass is 32.2. The average molecular weight is 404 g/mol. The number of benzene rings is 2. The highest BCUT2D eigenvalue weighted by Gasteiger charge is 2.27. The van der Waals surface area contributed by atoms with Gasteiger partial charge in [-0.15, -0.1) is 0 Å². The number of rotatable bonds is 9. The van der Waals surface area contributed by atoms with Crippen molar-refractivity contribution in [3.63, 3.8) is 0 Å². The summed E-state index contributed by atoms with van der Waals surface area (Å²) >= 11 is 0. The quantitative estimate of drug-likeness (QED) is 0.670. The van der Waals surface area contributed by atoms with Gasteiger partial charge in [0.25, 0.3) is 0 Å². The smallest absolute Gasteiger partial charge is 0.240 e. The zero-order valence-corrected chi connectivity index (χ0v) is 16.7. The molecule has 2 aromatic carbocycles. The van der Waals surface area contributed by atoms with Crippen LogP contribution in [0.2, 0.25) is 0 Å². The molecule has 0 atom stereocenters. The molecule has 3 rings (SSSR count). The van der Waals surface area contributed by atoms with Gasteiger partial charge in [-0.3, -0.25) is 4.79 Å². The molecule has 7 nitrogen and oxygen atoms in total. The number of carbonyl (C=O) groups is 1. The first kappa shape index (κ1) is 20.2. The van der Waals surface area contributed by atoms with E-state index in [1.165, 1.54) is 7.11 Å². The summed E-state index contributed by atoms with van der Waals surface area (Å²) in [4.78, 5) is 12.5. The van der Waals surface area contributed by atoms with Crippen LogP contribution in [0.5, 0.6) is 11.5 Å². The fraction of sp³-hybridized carbons (Fsp3) is 0.350. The van der Waals surface area contributed by atoms with E-state index in [0.29, 0.717) is 23.6 Å². The molecule has 150 valence electrons. The minimum atomic E-state index is -3.45. The van der Waals surface area contributed by atoms with Crippen molar-refractivity contribution >= 4 is 21.6 Å². The molecule has 1 aliphatic rings. The van der Waals surface area contributed by atoms with Gasteiger partial charge in [0.05, 0.1) is 24.8 Å². The van der Waals surface area contributed by atoms with E-state index in [0.717, 1.165) is 18.4 Å². The summed E-state index contributed by atoms with van der Waals surface area (Å²) in [6.07, 6.45) is 2.55. The van der Waals surface area contributed by atoms with Gasteiger partial charge in [0, 0.05) is 18.5 Å². The van der Waals surface area contributed by atoms with Gasteiger partial charge in [0.15, 0.2) is 0 Å². The summed E-state index contributed by atoms with van der Waals surface area (Å²) in [6, 6.07) is 11.9. The molecule has 0 saturated heterocycles. The minimum absolute atomic E-state index is 0.0725. The third-order valence-electron chi connectivity index (χ3n) is 4.46. The molecule has 0 bridgehead atoms. The van der Waals surface area contributed by atoms with Gasteiger partial charge in [0.2, 0.25) is 15.9 Å². The van der Waals surface area contributed by atoms with Crippen LogP contribution in [0.4, 0.5) is 5.69 Å². The van der Waals surface area contributed by atoms with Gasteiger partial charge in [0.1, 0.15) is 11.5 Å². The van der Waals surface area contributed by atoms with Crippen molar-refractivity contribution in [1.29, 1.82) is 0 Å².